The van der Waals surface area contributed by atoms with Gasteiger partial charge in [0.25, 0.3) is 0 Å². The Kier molecular flexibility index (Phi) is 4.04. The SMILES string of the molecule is COC(=O)c1ccc(CN2CCC(=O)CC2)nc1. The van der Waals surface area contributed by atoms with Crippen LogP contribution in [0.2, 0.25) is 0 Å². The number of carbonyl (C=O) groups excluding carboxylic acids is 2. The molecule has 5 nitrogen and oxygen atoms in total. The number of ether oxygens (including phenoxy) is 1. The van der Waals surface area contributed by atoms with Crippen LogP contribution in [0.25, 0.3) is 0 Å². The first-order chi connectivity index (χ1) is 8.69. The number of pyridine rings is 1. The zero-order chi connectivity index (χ0) is 13.0. The van der Waals surface area contributed by atoms with Gasteiger partial charge >= 0.3 is 5.97 Å². The van der Waals surface area contributed by atoms with E-state index in [2.05, 4.69) is 14.6 Å². The molecular weight excluding hydrogens is 232 g/mol. The zero-order valence-corrected chi connectivity index (χ0v) is 10.4. The molecule has 0 spiro atoms. The standard InChI is InChI=1S/C13H16N2O3/c1-18-13(17)10-2-3-11(14-8-10)9-15-6-4-12(16)5-7-15/h2-3,8H,4-7,9H2,1H3. The summed E-state index contributed by atoms with van der Waals surface area (Å²) in [6.07, 6.45) is 2.77. The summed E-state index contributed by atoms with van der Waals surface area (Å²) < 4.78 is 4.61. The number of aromatic nitrogens is 1. The van der Waals surface area contributed by atoms with Crippen LogP contribution in [0, 0.1) is 0 Å². The molecule has 5 heteroatoms. The molecule has 1 aliphatic heterocycles. The maximum Gasteiger partial charge on any atom is 0.339 e. The Morgan fingerprint density at radius 1 is 1.39 bits per heavy atom. The van der Waals surface area contributed by atoms with Gasteiger partial charge in [0.15, 0.2) is 0 Å². The molecule has 18 heavy (non-hydrogen) atoms. The number of hydrogen-bond acceptors (Lipinski definition) is 5. The number of piperidine rings is 1. The van der Waals surface area contributed by atoms with Gasteiger partial charge in [-0.15, -0.1) is 0 Å². The monoisotopic (exact) mass is 248 g/mol. The third kappa shape index (κ3) is 3.13. The van der Waals surface area contributed by atoms with Crippen molar-refractivity contribution in [3.05, 3.63) is 29.6 Å². The third-order valence-electron chi connectivity index (χ3n) is 3.05. The van der Waals surface area contributed by atoms with Gasteiger partial charge in [0, 0.05) is 38.7 Å². The molecule has 2 heterocycles. The highest BCUT2D eigenvalue weighted by Gasteiger charge is 2.16. The fourth-order valence-corrected chi connectivity index (χ4v) is 1.95. The number of rotatable bonds is 3. The van der Waals surface area contributed by atoms with Crippen LogP contribution in [0.5, 0.6) is 0 Å². The zero-order valence-electron chi connectivity index (χ0n) is 10.4. The summed E-state index contributed by atoms with van der Waals surface area (Å²) in [5, 5.41) is 0. The van der Waals surface area contributed by atoms with E-state index < -0.39 is 0 Å². The average Bonchev–Trinajstić information content (AvgIpc) is 2.41. The first kappa shape index (κ1) is 12.7. The second-order valence-corrected chi connectivity index (χ2v) is 4.34. The van der Waals surface area contributed by atoms with E-state index in [-0.39, 0.29) is 5.97 Å². The van der Waals surface area contributed by atoms with Crippen LogP contribution in [-0.2, 0) is 16.1 Å². The van der Waals surface area contributed by atoms with Crippen molar-refractivity contribution in [1.29, 1.82) is 0 Å². The van der Waals surface area contributed by atoms with Gasteiger partial charge in [-0.05, 0) is 12.1 Å². The van der Waals surface area contributed by atoms with Gasteiger partial charge in [-0.1, -0.05) is 0 Å². The van der Waals surface area contributed by atoms with Crippen molar-refractivity contribution in [3.63, 3.8) is 0 Å². The minimum absolute atomic E-state index is 0.334. The van der Waals surface area contributed by atoms with Crippen LogP contribution < -0.4 is 0 Å². The van der Waals surface area contributed by atoms with E-state index in [0.717, 1.165) is 18.8 Å². The van der Waals surface area contributed by atoms with Crippen LogP contribution in [0.4, 0.5) is 0 Å². The summed E-state index contributed by atoms with van der Waals surface area (Å²) in [5.41, 5.74) is 1.35. The minimum atomic E-state index is -0.377. The fourth-order valence-electron chi connectivity index (χ4n) is 1.95. The maximum atomic E-state index is 11.2. The van der Waals surface area contributed by atoms with Gasteiger partial charge in [-0.25, -0.2) is 4.79 Å². The molecule has 0 aromatic carbocycles. The fraction of sp³-hybridized carbons (Fsp3) is 0.462. The Morgan fingerprint density at radius 2 is 2.11 bits per heavy atom. The molecule has 0 bridgehead atoms. The van der Waals surface area contributed by atoms with E-state index in [1.807, 2.05) is 6.07 Å². The van der Waals surface area contributed by atoms with Gasteiger partial charge in [-0.3, -0.25) is 14.7 Å². The largest absolute Gasteiger partial charge is 0.465 e. The summed E-state index contributed by atoms with van der Waals surface area (Å²) in [5.74, 6) is -0.0436. The van der Waals surface area contributed by atoms with Crippen LogP contribution in [0.3, 0.4) is 0 Å². The number of nitrogens with zero attached hydrogens (tertiary/aromatic N) is 2. The highest BCUT2D eigenvalue weighted by molar-refractivity contribution is 5.88. The van der Waals surface area contributed by atoms with Crippen molar-refractivity contribution in [2.24, 2.45) is 0 Å². The smallest absolute Gasteiger partial charge is 0.339 e. The minimum Gasteiger partial charge on any atom is -0.465 e. The molecule has 1 aromatic heterocycles. The lowest BCUT2D eigenvalue weighted by Crippen LogP contribution is -2.33. The molecule has 0 atom stereocenters. The normalized spacial score (nSPS) is 16.6. The molecular formula is C13H16N2O3. The third-order valence-corrected chi connectivity index (χ3v) is 3.05. The Bertz CT molecular complexity index is 432. The average molecular weight is 248 g/mol. The van der Waals surface area contributed by atoms with Crippen molar-refractivity contribution >= 4 is 11.8 Å². The molecule has 1 aromatic rings. The highest BCUT2D eigenvalue weighted by atomic mass is 16.5. The number of esters is 1. The van der Waals surface area contributed by atoms with Gasteiger partial charge in [0.2, 0.25) is 0 Å². The molecule has 0 N–H and O–H groups in total. The van der Waals surface area contributed by atoms with Crippen LogP contribution in [-0.4, -0.2) is 41.8 Å². The number of ketones is 1. The molecule has 0 unspecified atom stereocenters. The predicted octanol–water partition coefficient (Wildman–Crippen LogP) is 1.03. The molecule has 0 amide bonds. The Morgan fingerprint density at radius 3 is 2.67 bits per heavy atom. The molecule has 1 aliphatic rings. The summed E-state index contributed by atoms with van der Waals surface area (Å²) in [6.45, 7) is 2.30. The highest BCUT2D eigenvalue weighted by Crippen LogP contribution is 2.10. The van der Waals surface area contributed by atoms with Crippen molar-refractivity contribution in [3.8, 4) is 0 Å². The molecule has 0 radical (unpaired) electrons. The number of hydrogen-bond donors (Lipinski definition) is 0. The Labute approximate surface area is 106 Å². The lowest BCUT2D eigenvalue weighted by Gasteiger charge is -2.25. The van der Waals surface area contributed by atoms with Gasteiger partial charge in [0.05, 0.1) is 18.4 Å². The summed E-state index contributed by atoms with van der Waals surface area (Å²) in [4.78, 5) is 28.8. The molecule has 96 valence electrons. The number of Topliss-reactive ketones (excluding diaryl/α,β-unsaturated/α-hetero) is 1. The summed E-state index contributed by atoms with van der Waals surface area (Å²) in [6, 6.07) is 3.53. The quantitative estimate of drug-likeness (QED) is 0.748. The molecule has 1 saturated heterocycles. The molecule has 1 fully saturated rings. The second-order valence-electron chi connectivity index (χ2n) is 4.34. The van der Waals surface area contributed by atoms with E-state index in [1.54, 1.807) is 6.07 Å². The number of carbonyl (C=O) groups is 2. The van der Waals surface area contributed by atoms with Crippen molar-refractivity contribution in [2.75, 3.05) is 20.2 Å². The van der Waals surface area contributed by atoms with Crippen LogP contribution in [0.1, 0.15) is 28.9 Å². The van der Waals surface area contributed by atoms with Gasteiger partial charge < -0.3 is 4.74 Å². The lowest BCUT2D eigenvalue weighted by atomic mass is 10.1. The van der Waals surface area contributed by atoms with Crippen molar-refractivity contribution in [1.82, 2.24) is 9.88 Å². The van der Waals surface area contributed by atoms with Crippen LogP contribution >= 0.6 is 0 Å². The number of likely N-dealkylation sites (tertiary alicyclic amines) is 1. The lowest BCUT2D eigenvalue weighted by molar-refractivity contribution is -0.121. The van der Waals surface area contributed by atoms with E-state index in [9.17, 15) is 9.59 Å². The number of methoxy groups -OCH3 is 1. The van der Waals surface area contributed by atoms with Gasteiger partial charge in [0.1, 0.15) is 5.78 Å². The molecule has 2 rings (SSSR count). The van der Waals surface area contributed by atoms with E-state index in [0.29, 0.717) is 30.7 Å². The van der Waals surface area contributed by atoms with Gasteiger partial charge in [-0.2, -0.15) is 0 Å². The first-order valence-electron chi connectivity index (χ1n) is 5.96. The Hall–Kier alpha value is -1.75. The second kappa shape index (κ2) is 5.73. The topological polar surface area (TPSA) is 59.5 Å². The van der Waals surface area contributed by atoms with Crippen molar-refractivity contribution in [2.45, 2.75) is 19.4 Å². The molecule has 0 saturated carbocycles. The van der Waals surface area contributed by atoms with E-state index >= 15 is 0 Å². The predicted molar refractivity (Wildman–Crippen MR) is 65.1 cm³/mol. The maximum absolute atomic E-state index is 11.2. The van der Waals surface area contributed by atoms with E-state index in [1.165, 1.54) is 13.3 Å². The first-order valence-corrected chi connectivity index (χ1v) is 5.96. The summed E-state index contributed by atoms with van der Waals surface area (Å²) >= 11 is 0. The van der Waals surface area contributed by atoms with Crippen molar-refractivity contribution < 1.29 is 14.3 Å². The van der Waals surface area contributed by atoms with Crippen LogP contribution in [0.15, 0.2) is 18.3 Å². The molecule has 0 aliphatic carbocycles. The van der Waals surface area contributed by atoms with E-state index in [4.69, 9.17) is 0 Å². The summed E-state index contributed by atoms with van der Waals surface area (Å²) in [7, 11) is 1.35. The Balaban J connectivity index is 1.94.